The molecule has 0 aromatic heterocycles. The fourth-order valence-electron chi connectivity index (χ4n) is 2.22. The van der Waals surface area contributed by atoms with E-state index in [4.69, 9.17) is 22.1 Å². The molecule has 2 rings (SSSR count). The Morgan fingerprint density at radius 2 is 2.05 bits per heavy atom. The normalized spacial score (nSPS) is 16.5. The first kappa shape index (κ1) is 14.7. The molecule has 2 N–H and O–H groups in total. The molecule has 0 bridgehead atoms. The van der Waals surface area contributed by atoms with Crippen molar-refractivity contribution in [1.82, 2.24) is 0 Å². The predicted octanol–water partition coefficient (Wildman–Crippen LogP) is 4.03. The molecule has 1 aromatic rings. The lowest BCUT2D eigenvalue weighted by atomic mass is 9.96. The van der Waals surface area contributed by atoms with Crippen LogP contribution >= 0.6 is 11.6 Å². The molecule has 1 atom stereocenters. The van der Waals surface area contributed by atoms with Crippen molar-refractivity contribution in [2.45, 2.75) is 52.5 Å². The number of benzene rings is 1. The van der Waals surface area contributed by atoms with Crippen molar-refractivity contribution in [3.05, 3.63) is 27.8 Å². The largest absolute Gasteiger partial charge is 0.491 e. The summed E-state index contributed by atoms with van der Waals surface area (Å²) in [4.78, 5) is 0. The Balaban J connectivity index is 2.18. The molecule has 1 aromatic carbocycles. The topological polar surface area (TPSA) is 35.2 Å². The van der Waals surface area contributed by atoms with Gasteiger partial charge < -0.3 is 10.5 Å². The summed E-state index contributed by atoms with van der Waals surface area (Å²) in [5.41, 5.74) is 9.71. The molecular formula is C16H24ClNO. The first-order valence-corrected chi connectivity index (χ1v) is 7.57. The van der Waals surface area contributed by atoms with E-state index in [-0.39, 0.29) is 6.04 Å². The highest BCUT2D eigenvalue weighted by atomic mass is 35.5. The summed E-state index contributed by atoms with van der Waals surface area (Å²) in [6, 6.07) is 2.23. The van der Waals surface area contributed by atoms with E-state index in [0.717, 1.165) is 41.7 Å². The summed E-state index contributed by atoms with van der Waals surface area (Å²) in [7, 11) is 0. The summed E-state index contributed by atoms with van der Waals surface area (Å²) >= 11 is 6.37. The SMILES string of the molecule is CCC(N)Cc1cc(Cl)c(OCC2CC2)c(C)c1C. The van der Waals surface area contributed by atoms with Gasteiger partial charge in [0, 0.05) is 6.04 Å². The zero-order chi connectivity index (χ0) is 14.0. The second-order valence-corrected chi connectivity index (χ2v) is 6.13. The second kappa shape index (κ2) is 6.15. The molecule has 1 fully saturated rings. The van der Waals surface area contributed by atoms with Crippen LogP contribution in [0.5, 0.6) is 5.75 Å². The van der Waals surface area contributed by atoms with Gasteiger partial charge in [0.1, 0.15) is 5.75 Å². The van der Waals surface area contributed by atoms with Crippen LogP contribution in [0.2, 0.25) is 5.02 Å². The number of nitrogens with two attached hydrogens (primary N) is 1. The molecule has 2 nitrogen and oxygen atoms in total. The van der Waals surface area contributed by atoms with E-state index in [1.54, 1.807) is 0 Å². The Morgan fingerprint density at radius 3 is 2.63 bits per heavy atom. The maximum atomic E-state index is 6.37. The lowest BCUT2D eigenvalue weighted by molar-refractivity contribution is 0.297. The van der Waals surface area contributed by atoms with Crippen LogP contribution in [-0.2, 0) is 6.42 Å². The van der Waals surface area contributed by atoms with Crippen LogP contribution in [0.4, 0.5) is 0 Å². The summed E-state index contributed by atoms with van der Waals surface area (Å²) in [6.45, 7) is 7.13. The smallest absolute Gasteiger partial charge is 0.141 e. The minimum Gasteiger partial charge on any atom is -0.491 e. The highest BCUT2D eigenvalue weighted by Gasteiger charge is 2.23. The van der Waals surface area contributed by atoms with Gasteiger partial charge >= 0.3 is 0 Å². The molecule has 0 radical (unpaired) electrons. The van der Waals surface area contributed by atoms with Crippen LogP contribution in [0.3, 0.4) is 0 Å². The predicted molar refractivity (Wildman–Crippen MR) is 81.1 cm³/mol. The third kappa shape index (κ3) is 3.64. The zero-order valence-electron chi connectivity index (χ0n) is 12.1. The van der Waals surface area contributed by atoms with Gasteiger partial charge in [0.05, 0.1) is 11.6 Å². The summed E-state index contributed by atoms with van der Waals surface area (Å²) in [6.07, 6.45) is 4.44. The first-order chi connectivity index (χ1) is 9.02. The van der Waals surface area contributed by atoms with E-state index >= 15 is 0 Å². The Bertz CT molecular complexity index is 455. The average molecular weight is 282 g/mol. The van der Waals surface area contributed by atoms with Gasteiger partial charge in [-0.25, -0.2) is 0 Å². The van der Waals surface area contributed by atoms with E-state index in [1.807, 2.05) is 6.07 Å². The molecule has 3 heteroatoms. The molecule has 1 saturated carbocycles. The summed E-state index contributed by atoms with van der Waals surface area (Å²) in [5.74, 6) is 1.60. The molecule has 0 spiro atoms. The molecular weight excluding hydrogens is 258 g/mol. The maximum Gasteiger partial charge on any atom is 0.141 e. The third-order valence-electron chi connectivity index (χ3n) is 4.07. The van der Waals surface area contributed by atoms with Crippen molar-refractivity contribution >= 4 is 11.6 Å². The molecule has 106 valence electrons. The second-order valence-electron chi connectivity index (χ2n) is 5.72. The quantitative estimate of drug-likeness (QED) is 0.854. The van der Waals surface area contributed by atoms with Crippen LogP contribution in [0.25, 0.3) is 0 Å². The van der Waals surface area contributed by atoms with Crippen molar-refractivity contribution < 1.29 is 4.74 Å². The fourth-order valence-corrected chi connectivity index (χ4v) is 2.55. The highest BCUT2D eigenvalue weighted by Crippen LogP contribution is 2.36. The highest BCUT2D eigenvalue weighted by molar-refractivity contribution is 6.32. The monoisotopic (exact) mass is 281 g/mol. The van der Waals surface area contributed by atoms with Crippen LogP contribution in [-0.4, -0.2) is 12.6 Å². The van der Waals surface area contributed by atoms with E-state index in [0.29, 0.717) is 0 Å². The Kier molecular flexibility index (Phi) is 4.75. The zero-order valence-corrected chi connectivity index (χ0v) is 12.9. The van der Waals surface area contributed by atoms with E-state index in [9.17, 15) is 0 Å². The Morgan fingerprint density at radius 1 is 1.37 bits per heavy atom. The number of halogens is 1. The Hall–Kier alpha value is -0.730. The fraction of sp³-hybridized carbons (Fsp3) is 0.625. The third-order valence-corrected chi connectivity index (χ3v) is 4.35. The van der Waals surface area contributed by atoms with Crippen LogP contribution in [0, 0.1) is 19.8 Å². The van der Waals surface area contributed by atoms with Crippen LogP contribution in [0.15, 0.2) is 6.07 Å². The molecule has 1 aliphatic carbocycles. The Labute approximate surface area is 121 Å². The summed E-state index contributed by atoms with van der Waals surface area (Å²) in [5, 5.41) is 0.724. The van der Waals surface area contributed by atoms with E-state index in [1.165, 1.54) is 24.0 Å². The maximum absolute atomic E-state index is 6.37. The summed E-state index contributed by atoms with van der Waals surface area (Å²) < 4.78 is 5.90. The van der Waals surface area contributed by atoms with Gasteiger partial charge in [-0.3, -0.25) is 0 Å². The average Bonchev–Trinajstić information content (AvgIpc) is 3.19. The number of rotatable bonds is 6. The van der Waals surface area contributed by atoms with Crippen molar-refractivity contribution in [3.8, 4) is 5.75 Å². The molecule has 19 heavy (non-hydrogen) atoms. The van der Waals surface area contributed by atoms with Gasteiger partial charge in [-0.1, -0.05) is 18.5 Å². The van der Waals surface area contributed by atoms with Gasteiger partial charge in [-0.05, 0) is 68.2 Å². The van der Waals surface area contributed by atoms with Crippen molar-refractivity contribution in [2.24, 2.45) is 11.7 Å². The lowest BCUT2D eigenvalue weighted by Gasteiger charge is -2.18. The minimum absolute atomic E-state index is 0.201. The van der Waals surface area contributed by atoms with Gasteiger partial charge in [0.15, 0.2) is 0 Å². The van der Waals surface area contributed by atoms with Crippen molar-refractivity contribution in [2.75, 3.05) is 6.61 Å². The van der Waals surface area contributed by atoms with Crippen molar-refractivity contribution in [3.63, 3.8) is 0 Å². The van der Waals surface area contributed by atoms with E-state index < -0.39 is 0 Å². The van der Waals surface area contributed by atoms with E-state index in [2.05, 4.69) is 20.8 Å². The molecule has 0 heterocycles. The van der Waals surface area contributed by atoms with Gasteiger partial charge in [0.2, 0.25) is 0 Å². The van der Waals surface area contributed by atoms with Crippen molar-refractivity contribution in [1.29, 1.82) is 0 Å². The first-order valence-electron chi connectivity index (χ1n) is 7.19. The molecule has 1 aliphatic rings. The minimum atomic E-state index is 0.201. The van der Waals surface area contributed by atoms with Gasteiger partial charge in [-0.15, -0.1) is 0 Å². The number of hydrogen-bond donors (Lipinski definition) is 1. The number of ether oxygens (including phenoxy) is 1. The van der Waals surface area contributed by atoms with Gasteiger partial charge in [-0.2, -0.15) is 0 Å². The van der Waals surface area contributed by atoms with Crippen LogP contribution in [0.1, 0.15) is 42.9 Å². The molecule has 0 amide bonds. The van der Waals surface area contributed by atoms with Crippen LogP contribution < -0.4 is 10.5 Å². The molecule has 0 saturated heterocycles. The van der Waals surface area contributed by atoms with Gasteiger partial charge in [0.25, 0.3) is 0 Å². The lowest BCUT2D eigenvalue weighted by Crippen LogP contribution is -2.22. The standard InChI is InChI=1S/C16H24ClNO/c1-4-14(18)7-13-8-15(17)16(11(3)10(13)2)19-9-12-5-6-12/h8,12,14H,4-7,9,18H2,1-3H3. The number of hydrogen-bond acceptors (Lipinski definition) is 2. The molecule has 1 unspecified atom stereocenters. The molecule has 0 aliphatic heterocycles.